The summed E-state index contributed by atoms with van der Waals surface area (Å²) in [6.45, 7) is 14.6. The maximum atomic E-state index is 13.8. The van der Waals surface area contributed by atoms with Gasteiger partial charge in [0.1, 0.15) is 17.7 Å². The molecule has 3 atom stereocenters. The average molecular weight is 777 g/mol. The van der Waals surface area contributed by atoms with Gasteiger partial charge in [0.15, 0.2) is 5.65 Å². The van der Waals surface area contributed by atoms with Crippen molar-refractivity contribution in [3.8, 4) is 11.4 Å². The number of likely N-dealkylation sites (N-methyl/N-ethyl adjacent to an activating group) is 1. The van der Waals surface area contributed by atoms with Crippen LogP contribution in [0.15, 0.2) is 72.9 Å². The number of piperidine rings is 1. The van der Waals surface area contributed by atoms with Crippen LogP contribution in [0.1, 0.15) is 94.3 Å². The number of carbonyl (C=O) groups excluding carboxylic acids is 1. The number of hydrogen-bond donors (Lipinski definition) is 3. The number of hydrogen-bond acceptors (Lipinski definition) is 9. The van der Waals surface area contributed by atoms with Gasteiger partial charge in [0.05, 0.1) is 23.6 Å². The fourth-order valence-corrected chi connectivity index (χ4v) is 8.10. The number of nitrogens with zero attached hydrogens (tertiary/aromatic N) is 8. The smallest absolute Gasteiger partial charge is 0.320 e. The lowest BCUT2D eigenvalue weighted by Gasteiger charge is -2.33. The summed E-state index contributed by atoms with van der Waals surface area (Å²) >= 11 is 0. The van der Waals surface area contributed by atoms with Crippen LogP contribution >= 0.6 is 0 Å². The third-order valence-corrected chi connectivity index (χ3v) is 11.3. The molecule has 0 saturated carbocycles. The lowest BCUT2D eigenvalue weighted by atomic mass is 9.85. The van der Waals surface area contributed by atoms with Gasteiger partial charge in [-0.15, -0.1) is 10.2 Å². The van der Waals surface area contributed by atoms with E-state index in [0.29, 0.717) is 11.9 Å². The minimum atomic E-state index is -0.262. The summed E-state index contributed by atoms with van der Waals surface area (Å²) < 4.78 is 10.6. The average Bonchev–Trinajstić information content (AvgIpc) is 3.82. The second kappa shape index (κ2) is 17.3. The van der Waals surface area contributed by atoms with Gasteiger partial charge >= 0.3 is 6.03 Å². The first kappa shape index (κ1) is 39.8. The summed E-state index contributed by atoms with van der Waals surface area (Å²) in [5.74, 6) is 2.28. The Morgan fingerprint density at radius 1 is 0.930 bits per heavy atom. The van der Waals surface area contributed by atoms with Crippen molar-refractivity contribution in [2.24, 2.45) is 0 Å². The van der Waals surface area contributed by atoms with Gasteiger partial charge in [-0.3, -0.25) is 19.4 Å². The highest BCUT2D eigenvalue weighted by Crippen LogP contribution is 2.39. The summed E-state index contributed by atoms with van der Waals surface area (Å²) in [7, 11) is 2.18. The lowest BCUT2D eigenvalue weighted by Crippen LogP contribution is -2.43. The molecule has 3 aromatic heterocycles. The van der Waals surface area contributed by atoms with E-state index >= 15 is 0 Å². The number of pyridine rings is 1. The van der Waals surface area contributed by atoms with Crippen LogP contribution in [-0.2, 0) is 16.8 Å². The van der Waals surface area contributed by atoms with Crippen molar-refractivity contribution in [3.05, 3.63) is 95.3 Å². The van der Waals surface area contributed by atoms with Crippen molar-refractivity contribution in [2.45, 2.75) is 89.9 Å². The number of carbonyl (C=O) groups is 2. The Kier molecular flexibility index (Phi) is 12.1. The molecule has 14 nitrogen and oxygen atoms in total. The largest absolute Gasteiger partial charge is 0.484 e. The summed E-state index contributed by atoms with van der Waals surface area (Å²) in [5, 5.41) is 27.4. The van der Waals surface area contributed by atoms with Crippen molar-refractivity contribution in [2.75, 3.05) is 50.0 Å². The van der Waals surface area contributed by atoms with Gasteiger partial charge in [0, 0.05) is 56.8 Å². The van der Waals surface area contributed by atoms with Crippen LogP contribution in [0.25, 0.3) is 11.3 Å². The number of urea groups is 1. The van der Waals surface area contributed by atoms with Crippen LogP contribution in [0, 0.1) is 0 Å². The Hall–Kier alpha value is -5.47. The zero-order valence-corrected chi connectivity index (χ0v) is 33.8. The molecule has 1 aliphatic carbocycles. The number of rotatable bonds is 8. The first-order chi connectivity index (χ1) is 27.5. The molecule has 0 bridgehead atoms. The maximum Gasteiger partial charge on any atom is 0.320 e. The molecule has 0 spiro atoms. The highest BCUT2D eigenvalue weighted by atomic mass is 16.5. The van der Waals surface area contributed by atoms with Gasteiger partial charge in [0.25, 0.3) is 6.47 Å². The minimum Gasteiger partial charge on any atom is -0.484 e. The summed E-state index contributed by atoms with van der Waals surface area (Å²) in [6.07, 6.45) is 6.92. The molecule has 5 aromatic rings. The van der Waals surface area contributed by atoms with Gasteiger partial charge in [0.2, 0.25) is 5.95 Å². The number of carboxylic acid groups (broad SMARTS) is 1. The molecule has 2 aliphatic heterocycles. The van der Waals surface area contributed by atoms with Crippen molar-refractivity contribution in [1.82, 2.24) is 39.5 Å². The van der Waals surface area contributed by atoms with Crippen LogP contribution in [0.2, 0.25) is 0 Å². The van der Waals surface area contributed by atoms with Crippen molar-refractivity contribution in [1.29, 1.82) is 0 Å². The van der Waals surface area contributed by atoms with Crippen LogP contribution in [0.4, 0.5) is 16.6 Å². The monoisotopic (exact) mass is 776 g/mol. The minimum absolute atomic E-state index is 0.150. The van der Waals surface area contributed by atoms with E-state index in [4.69, 9.17) is 19.7 Å². The lowest BCUT2D eigenvalue weighted by molar-refractivity contribution is -0.122. The number of amides is 2. The van der Waals surface area contributed by atoms with Crippen LogP contribution in [0.3, 0.4) is 0 Å². The van der Waals surface area contributed by atoms with E-state index in [-0.39, 0.29) is 30.1 Å². The second-order valence-electron chi connectivity index (χ2n) is 16.5. The molecule has 5 heterocycles. The molecule has 3 N–H and O–H groups in total. The quantitative estimate of drug-likeness (QED) is 0.144. The molecular formula is C43H56N10O4. The molecule has 1 unspecified atom stereocenters. The highest BCUT2D eigenvalue weighted by Gasteiger charge is 2.31. The first-order valence-electron chi connectivity index (χ1n) is 20.1. The first-order valence-corrected chi connectivity index (χ1v) is 20.1. The molecule has 2 fully saturated rings. The SMILES string of the molecule is CC1CCCCN1c1nnc2ccc(O[C@@H]3CC[C@H](NC(=O)Nc4cc(C(C)(C)C)nn4-c4cccc(CN5CCN(C)CC5)c4)c4ccccc43)cn12.O=CO. The molecular weight excluding hydrogens is 721 g/mol. The maximum absolute atomic E-state index is 13.8. The van der Waals surface area contributed by atoms with E-state index in [9.17, 15) is 4.79 Å². The van der Waals surface area contributed by atoms with Crippen LogP contribution in [-0.4, -0.2) is 97.6 Å². The Morgan fingerprint density at radius 3 is 2.46 bits per heavy atom. The van der Waals surface area contributed by atoms with E-state index in [1.54, 1.807) is 0 Å². The highest BCUT2D eigenvalue weighted by molar-refractivity contribution is 5.89. The standard InChI is InChI=1S/C42H54N10O2.CH2O2/c1-29-11-8-9-20-50(29)41-46-45-38-19-16-32(28-51(38)41)54-36-18-17-35(33-14-6-7-15-34(33)36)43-40(53)44-39-26-37(42(2,3)4)47-52(39)31-13-10-12-30(25-31)27-49-23-21-48(5)22-24-49;2-1-3/h6-7,10,12-16,19,25-26,28-29,35-36H,8-9,11,17-18,20-24,27H2,1-5H3,(H2,43,44,53);1H,(H,2,3)/t29?,35-,36+;/m0./s1. The van der Waals surface area contributed by atoms with E-state index < -0.39 is 0 Å². The van der Waals surface area contributed by atoms with Crippen LogP contribution in [0.5, 0.6) is 5.75 Å². The van der Waals surface area contributed by atoms with Gasteiger partial charge < -0.3 is 25.0 Å². The van der Waals surface area contributed by atoms with Crippen molar-refractivity contribution in [3.63, 3.8) is 0 Å². The van der Waals surface area contributed by atoms with Gasteiger partial charge in [-0.2, -0.15) is 5.10 Å². The molecule has 2 saturated heterocycles. The predicted molar refractivity (Wildman–Crippen MR) is 221 cm³/mol. The number of benzene rings is 2. The Morgan fingerprint density at radius 2 is 1.70 bits per heavy atom. The number of fused-ring (bicyclic) bond motifs is 2. The van der Waals surface area contributed by atoms with Gasteiger partial charge in [-0.1, -0.05) is 57.2 Å². The molecule has 0 radical (unpaired) electrons. The normalized spacial score (nSPS) is 20.3. The Labute approximate surface area is 334 Å². The number of nitrogens with one attached hydrogen (secondary N) is 2. The molecule has 2 amide bonds. The zero-order valence-electron chi connectivity index (χ0n) is 33.8. The summed E-state index contributed by atoms with van der Waals surface area (Å²) in [6, 6.07) is 22.7. The molecule has 2 aromatic carbocycles. The third kappa shape index (κ3) is 9.23. The van der Waals surface area contributed by atoms with Crippen molar-refractivity contribution >= 4 is 29.9 Å². The Bertz CT molecular complexity index is 2150. The fraction of sp³-hybridized carbons (Fsp3) is 0.465. The van der Waals surface area contributed by atoms with Gasteiger partial charge in [-0.05, 0) is 87.0 Å². The molecule has 302 valence electrons. The van der Waals surface area contributed by atoms with E-state index in [0.717, 1.165) is 105 Å². The van der Waals surface area contributed by atoms with E-state index in [1.807, 2.05) is 41.2 Å². The Balaban J connectivity index is 0.00000160. The topological polar surface area (TPSA) is 145 Å². The zero-order chi connectivity index (χ0) is 40.1. The molecule has 57 heavy (non-hydrogen) atoms. The fourth-order valence-electron chi connectivity index (χ4n) is 8.10. The molecule has 3 aliphatic rings. The van der Waals surface area contributed by atoms with Gasteiger partial charge in [-0.25, -0.2) is 9.48 Å². The summed E-state index contributed by atoms with van der Waals surface area (Å²) in [5.41, 5.74) is 5.83. The second-order valence-corrected chi connectivity index (χ2v) is 16.5. The number of piperazine rings is 1. The van der Waals surface area contributed by atoms with Crippen LogP contribution < -0.4 is 20.3 Å². The van der Waals surface area contributed by atoms with Crippen molar-refractivity contribution < 1.29 is 19.4 Å². The predicted octanol–water partition coefficient (Wildman–Crippen LogP) is 6.82. The number of ether oxygens (including phenoxy) is 1. The number of anilines is 2. The molecule has 8 rings (SSSR count). The number of aromatic nitrogens is 5. The summed E-state index contributed by atoms with van der Waals surface area (Å²) in [4.78, 5) is 29.4. The molecule has 14 heteroatoms. The third-order valence-electron chi connectivity index (χ3n) is 11.3. The van der Waals surface area contributed by atoms with E-state index in [1.165, 1.54) is 12.0 Å². The van der Waals surface area contributed by atoms with E-state index in [2.05, 4.69) is 111 Å².